The van der Waals surface area contributed by atoms with Crippen LogP contribution in [0.25, 0.3) is 5.57 Å². The topological polar surface area (TPSA) is 97.2 Å². The third-order valence-corrected chi connectivity index (χ3v) is 5.13. The average molecular weight is 453 g/mol. The van der Waals surface area contributed by atoms with Crippen molar-refractivity contribution in [1.29, 1.82) is 0 Å². The number of hydrogen-bond donors (Lipinski definition) is 2. The van der Waals surface area contributed by atoms with Gasteiger partial charge in [-0.1, -0.05) is 37.3 Å². The molecule has 0 atom stereocenters. The van der Waals surface area contributed by atoms with Crippen molar-refractivity contribution in [3.63, 3.8) is 0 Å². The van der Waals surface area contributed by atoms with E-state index in [0.29, 0.717) is 41.4 Å². The first-order valence-corrected chi connectivity index (χ1v) is 10.9. The molecule has 4 rings (SSSR count). The van der Waals surface area contributed by atoms with Gasteiger partial charge in [0.2, 0.25) is 5.88 Å². The zero-order valence-electron chi connectivity index (χ0n) is 18.7. The quantitative estimate of drug-likeness (QED) is 0.320. The Kier molecular flexibility index (Phi) is 7.25. The fraction of sp³-hybridized carbons (Fsp3) is 0.111. The molecule has 34 heavy (non-hydrogen) atoms. The molecule has 7 nitrogen and oxygen atoms in total. The molecule has 1 aromatic carbocycles. The van der Waals surface area contributed by atoms with Gasteiger partial charge in [0.1, 0.15) is 11.6 Å². The largest absolute Gasteiger partial charge is 0.478 e. The summed E-state index contributed by atoms with van der Waals surface area (Å²) in [5.74, 6) is 0.838. The third-order valence-electron chi connectivity index (χ3n) is 5.13. The Balaban J connectivity index is 1.54. The predicted molar refractivity (Wildman–Crippen MR) is 131 cm³/mol. The molecule has 0 aliphatic heterocycles. The molecule has 0 amide bonds. The van der Waals surface area contributed by atoms with Crippen LogP contribution in [0.2, 0.25) is 0 Å². The highest BCUT2D eigenvalue weighted by Crippen LogP contribution is 2.29. The third kappa shape index (κ3) is 5.63. The lowest BCUT2D eigenvalue weighted by atomic mass is 9.96. The molecule has 0 saturated carbocycles. The van der Waals surface area contributed by atoms with Gasteiger partial charge in [-0.2, -0.15) is 0 Å². The Labute approximate surface area is 197 Å². The van der Waals surface area contributed by atoms with Crippen molar-refractivity contribution in [2.24, 2.45) is 0 Å². The molecule has 170 valence electrons. The number of carbonyl (C=O) groups is 1. The molecule has 3 heterocycles. The number of aliphatic carboxylic acids is 1. The summed E-state index contributed by atoms with van der Waals surface area (Å²) in [4.78, 5) is 24.9. The minimum absolute atomic E-state index is 0.266. The fourth-order valence-electron chi connectivity index (χ4n) is 3.49. The number of rotatable bonds is 9. The highest BCUT2D eigenvalue weighted by Gasteiger charge is 2.18. The van der Waals surface area contributed by atoms with Gasteiger partial charge >= 0.3 is 5.97 Å². The smallest absolute Gasteiger partial charge is 0.332 e. The lowest BCUT2D eigenvalue weighted by Gasteiger charge is -2.13. The van der Waals surface area contributed by atoms with E-state index in [-0.39, 0.29) is 5.57 Å². The summed E-state index contributed by atoms with van der Waals surface area (Å²) in [7, 11) is 0. The van der Waals surface area contributed by atoms with Gasteiger partial charge in [0.05, 0.1) is 5.69 Å². The van der Waals surface area contributed by atoms with Gasteiger partial charge in [-0.3, -0.25) is 4.98 Å². The summed E-state index contributed by atoms with van der Waals surface area (Å²) in [6.07, 6.45) is 5.38. The molecule has 0 radical (unpaired) electrons. The van der Waals surface area contributed by atoms with E-state index >= 15 is 0 Å². The summed E-state index contributed by atoms with van der Waals surface area (Å²) in [5.41, 5.74) is 3.08. The summed E-state index contributed by atoms with van der Waals surface area (Å²) >= 11 is 0. The van der Waals surface area contributed by atoms with E-state index in [0.717, 1.165) is 11.4 Å². The van der Waals surface area contributed by atoms with Crippen molar-refractivity contribution in [2.45, 2.75) is 19.9 Å². The lowest BCUT2D eigenvalue weighted by Crippen LogP contribution is -2.06. The summed E-state index contributed by atoms with van der Waals surface area (Å²) in [5, 5.41) is 13.0. The molecule has 0 saturated heterocycles. The van der Waals surface area contributed by atoms with Gasteiger partial charge in [0.25, 0.3) is 0 Å². The van der Waals surface area contributed by atoms with Crippen LogP contribution >= 0.6 is 0 Å². The Hall–Kier alpha value is -4.52. The molecule has 0 aliphatic carbocycles. The number of hydrogen-bond acceptors (Lipinski definition) is 6. The SMILES string of the molecule is CCC(C(=O)O)=C(c1cccnc1)c1cccc(Oc2ccc(CNc3ccccn3)cc2)n1. The second-order valence-electron chi connectivity index (χ2n) is 7.43. The maximum absolute atomic E-state index is 11.9. The highest BCUT2D eigenvalue weighted by molar-refractivity contribution is 6.00. The lowest BCUT2D eigenvalue weighted by molar-refractivity contribution is -0.132. The summed E-state index contributed by atoms with van der Waals surface area (Å²) in [6, 6.07) is 22.3. The van der Waals surface area contributed by atoms with E-state index in [4.69, 9.17) is 4.74 Å². The van der Waals surface area contributed by atoms with E-state index in [1.165, 1.54) is 0 Å². The molecule has 2 N–H and O–H groups in total. The van der Waals surface area contributed by atoms with E-state index in [9.17, 15) is 9.90 Å². The Morgan fingerprint density at radius 1 is 0.971 bits per heavy atom. The summed E-state index contributed by atoms with van der Waals surface area (Å²) < 4.78 is 5.97. The molecule has 3 aromatic heterocycles. The maximum Gasteiger partial charge on any atom is 0.332 e. The molecule has 0 fully saturated rings. The number of nitrogens with one attached hydrogen (secondary N) is 1. The number of ether oxygens (including phenoxy) is 1. The van der Waals surface area contributed by atoms with Gasteiger partial charge in [-0.15, -0.1) is 0 Å². The van der Waals surface area contributed by atoms with Crippen LogP contribution in [0.4, 0.5) is 5.82 Å². The number of aromatic nitrogens is 3. The molecule has 0 aliphatic rings. The van der Waals surface area contributed by atoms with Crippen LogP contribution in [0.15, 0.2) is 97.0 Å². The Bertz CT molecular complexity index is 1270. The van der Waals surface area contributed by atoms with E-state index < -0.39 is 5.97 Å². The minimum atomic E-state index is -0.982. The zero-order valence-corrected chi connectivity index (χ0v) is 18.7. The number of benzene rings is 1. The number of pyridine rings is 3. The number of carboxylic acid groups (broad SMARTS) is 1. The second kappa shape index (κ2) is 10.9. The normalized spacial score (nSPS) is 11.4. The van der Waals surface area contributed by atoms with Crippen molar-refractivity contribution >= 4 is 17.4 Å². The number of anilines is 1. The average Bonchev–Trinajstić information content (AvgIpc) is 2.88. The van der Waals surface area contributed by atoms with E-state index in [1.807, 2.05) is 55.5 Å². The monoisotopic (exact) mass is 452 g/mol. The molecule has 0 spiro atoms. The first kappa shape index (κ1) is 22.7. The Morgan fingerprint density at radius 3 is 2.50 bits per heavy atom. The van der Waals surface area contributed by atoms with Crippen molar-refractivity contribution in [3.8, 4) is 11.6 Å². The van der Waals surface area contributed by atoms with E-state index in [2.05, 4.69) is 20.3 Å². The van der Waals surface area contributed by atoms with Crippen molar-refractivity contribution in [3.05, 3.63) is 114 Å². The fourth-order valence-corrected chi connectivity index (χ4v) is 3.49. The van der Waals surface area contributed by atoms with Crippen LogP contribution < -0.4 is 10.1 Å². The van der Waals surface area contributed by atoms with Gasteiger partial charge in [0.15, 0.2) is 0 Å². The van der Waals surface area contributed by atoms with Crippen LogP contribution in [0.3, 0.4) is 0 Å². The van der Waals surface area contributed by atoms with Crippen molar-refractivity contribution in [1.82, 2.24) is 15.0 Å². The molecule has 4 aromatic rings. The van der Waals surface area contributed by atoms with Gasteiger partial charge in [0, 0.05) is 47.9 Å². The minimum Gasteiger partial charge on any atom is -0.478 e. The van der Waals surface area contributed by atoms with E-state index in [1.54, 1.807) is 42.9 Å². The molecular weight excluding hydrogens is 428 g/mol. The van der Waals surface area contributed by atoms with Crippen LogP contribution in [-0.4, -0.2) is 26.0 Å². The first-order chi connectivity index (χ1) is 16.6. The van der Waals surface area contributed by atoms with Crippen molar-refractivity contribution < 1.29 is 14.6 Å². The maximum atomic E-state index is 11.9. The molecule has 0 unspecified atom stereocenters. The Morgan fingerprint density at radius 2 is 1.82 bits per heavy atom. The van der Waals surface area contributed by atoms with Gasteiger partial charge in [-0.05, 0) is 48.4 Å². The van der Waals surface area contributed by atoms with Crippen molar-refractivity contribution in [2.75, 3.05) is 5.32 Å². The van der Waals surface area contributed by atoms with Crippen LogP contribution in [-0.2, 0) is 11.3 Å². The van der Waals surface area contributed by atoms with Crippen LogP contribution in [0.1, 0.15) is 30.2 Å². The van der Waals surface area contributed by atoms with Crippen LogP contribution in [0.5, 0.6) is 11.6 Å². The summed E-state index contributed by atoms with van der Waals surface area (Å²) in [6.45, 7) is 2.45. The standard InChI is InChI=1S/C27H24N4O3/c1-2-22(27(32)33)26(20-7-6-15-28-18-20)23-8-5-10-25(31-23)34-21-13-11-19(12-14-21)17-30-24-9-3-4-16-29-24/h3-16,18H,2,17H2,1H3,(H,29,30)(H,32,33). The molecule has 7 heteroatoms. The highest BCUT2D eigenvalue weighted by atomic mass is 16.5. The predicted octanol–water partition coefficient (Wildman–Crippen LogP) is 5.57. The van der Waals surface area contributed by atoms with Crippen LogP contribution in [0, 0.1) is 0 Å². The first-order valence-electron chi connectivity index (χ1n) is 10.9. The molecule has 0 bridgehead atoms. The molecular formula is C27H24N4O3. The van der Waals surface area contributed by atoms with Gasteiger partial charge < -0.3 is 15.2 Å². The van der Waals surface area contributed by atoms with Gasteiger partial charge in [-0.25, -0.2) is 14.8 Å². The zero-order chi connectivity index (χ0) is 23.8. The number of carboxylic acids is 1. The number of nitrogens with zero attached hydrogens (tertiary/aromatic N) is 3. The second-order valence-corrected chi connectivity index (χ2v) is 7.43.